The fraction of sp³-hybridized carbons (Fsp3) is 0.417. The van der Waals surface area contributed by atoms with Gasteiger partial charge in [-0.3, -0.25) is 10.1 Å². The molecule has 0 saturated heterocycles. The van der Waals surface area contributed by atoms with Crippen LogP contribution < -0.4 is 10.1 Å². The summed E-state index contributed by atoms with van der Waals surface area (Å²) in [5.41, 5.74) is 0.735. The van der Waals surface area contributed by atoms with Gasteiger partial charge in [0.25, 0.3) is 0 Å². The molecule has 0 amide bonds. The summed E-state index contributed by atoms with van der Waals surface area (Å²) in [4.78, 5) is 11.2. The van der Waals surface area contributed by atoms with Gasteiger partial charge in [-0.25, -0.2) is 0 Å². The van der Waals surface area contributed by atoms with Crippen molar-refractivity contribution in [2.45, 2.75) is 24.9 Å². The van der Waals surface area contributed by atoms with Crippen molar-refractivity contribution >= 4 is 5.97 Å². The number of nitrogens with one attached hydrogen (secondary N) is 1. The van der Waals surface area contributed by atoms with Crippen LogP contribution in [0.1, 0.15) is 24.4 Å². The zero-order valence-electron chi connectivity index (χ0n) is 9.14. The zero-order chi connectivity index (χ0) is 11.5. The number of methoxy groups -OCH3 is 1. The Hall–Kier alpha value is -1.55. The molecule has 0 spiro atoms. The zero-order valence-corrected chi connectivity index (χ0v) is 9.14. The van der Waals surface area contributed by atoms with Crippen molar-refractivity contribution in [2.75, 3.05) is 7.11 Å². The lowest BCUT2D eigenvalue weighted by molar-refractivity contribution is -0.139. The van der Waals surface area contributed by atoms with Crippen molar-refractivity contribution < 1.29 is 14.6 Å². The summed E-state index contributed by atoms with van der Waals surface area (Å²) in [7, 11) is 1.57. The van der Waals surface area contributed by atoms with Crippen molar-refractivity contribution in [1.29, 1.82) is 0 Å². The molecule has 0 aromatic heterocycles. The number of hydrogen-bond donors (Lipinski definition) is 2. The Morgan fingerprint density at radius 1 is 1.56 bits per heavy atom. The van der Waals surface area contributed by atoms with E-state index in [2.05, 4.69) is 5.32 Å². The quantitative estimate of drug-likeness (QED) is 0.792. The van der Waals surface area contributed by atoms with E-state index in [1.54, 1.807) is 31.4 Å². The maximum Gasteiger partial charge on any atom is 0.325 e. The van der Waals surface area contributed by atoms with Crippen molar-refractivity contribution in [3.8, 4) is 5.75 Å². The molecule has 2 N–H and O–H groups in total. The lowest BCUT2D eigenvalue weighted by Gasteiger charge is -2.14. The first-order valence-electron chi connectivity index (χ1n) is 5.33. The highest BCUT2D eigenvalue weighted by Crippen LogP contribution is 2.26. The van der Waals surface area contributed by atoms with Crippen LogP contribution in [0.25, 0.3) is 0 Å². The highest BCUT2D eigenvalue weighted by molar-refractivity contribution is 5.75. The molecule has 0 aliphatic heterocycles. The van der Waals surface area contributed by atoms with E-state index in [0.29, 0.717) is 11.8 Å². The molecule has 1 aliphatic carbocycles. The minimum Gasteiger partial charge on any atom is -0.497 e. The van der Waals surface area contributed by atoms with Gasteiger partial charge in [0.05, 0.1) is 7.11 Å². The molecule has 1 atom stereocenters. The van der Waals surface area contributed by atoms with Crippen LogP contribution in [-0.4, -0.2) is 24.2 Å². The molecule has 1 aromatic carbocycles. The predicted molar refractivity (Wildman–Crippen MR) is 59.5 cm³/mol. The molecule has 2 rings (SSSR count). The van der Waals surface area contributed by atoms with Gasteiger partial charge in [-0.15, -0.1) is 0 Å². The molecule has 1 saturated carbocycles. The van der Waals surface area contributed by atoms with E-state index in [9.17, 15) is 4.79 Å². The molecule has 4 heteroatoms. The monoisotopic (exact) mass is 221 g/mol. The molecule has 4 nitrogen and oxygen atoms in total. The third kappa shape index (κ3) is 2.52. The molecule has 0 bridgehead atoms. The van der Waals surface area contributed by atoms with E-state index in [4.69, 9.17) is 9.84 Å². The van der Waals surface area contributed by atoms with Crippen LogP contribution in [-0.2, 0) is 4.79 Å². The Balaban J connectivity index is 2.18. The highest BCUT2D eigenvalue weighted by Gasteiger charge is 2.29. The Bertz CT molecular complexity index is 388. The van der Waals surface area contributed by atoms with Crippen LogP contribution in [0.3, 0.4) is 0 Å². The van der Waals surface area contributed by atoms with E-state index in [-0.39, 0.29) is 0 Å². The Kier molecular flexibility index (Phi) is 3.10. The largest absolute Gasteiger partial charge is 0.497 e. The van der Waals surface area contributed by atoms with E-state index in [1.807, 2.05) is 0 Å². The number of rotatable bonds is 5. The third-order valence-corrected chi connectivity index (χ3v) is 2.65. The molecular formula is C12H15NO3. The van der Waals surface area contributed by atoms with Crippen molar-refractivity contribution in [2.24, 2.45) is 0 Å². The maximum atomic E-state index is 11.2. The molecule has 1 aromatic rings. The number of aliphatic carboxylic acids is 1. The minimum atomic E-state index is -0.847. The maximum absolute atomic E-state index is 11.2. The summed E-state index contributed by atoms with van der Waals surface area (Å²) >= 11 is 0. The lowest BCUT2D eigenvalue weighted by Crippen LogP contribution is -2.30. The van der Waals surface area contributed by atoms with Gasteiger partial charge in [-0.1, -0.05) is 12.1 Å². The molecule has 0 heterocycles. The fourth-order valence-electron chi connectivity index (χ4n) is 1.62. The van der Waals surface area contributed by atoms with Gasteiger partial charge in [0.2, 0.25) is 0 Å². The van der Waals surface area contributed by atoms with Gasteiger partial charge in [-0.2, -0.15) is 0 Å². The topological polar surface area (TPSA) is 58.6 Å². The van der Waals surface area contributed by atoms with Gasteiger partial charge in [-0.05, 0) is 30.5 Å². The van der Waals surface area contributed by atoms with Gasteiger partial charge >= 0.3 is 5.97 Å². The second kappa shape index (κ2) is 4.53. The number of carboxylic acid groups (broad SMARTS) is 1. The Morgan fingerprint density at radius 3 is 2.88 bits per heavy atom. The Labute approximate surface area is 94.2 Å². The van der Waals surface area contributed by atoms with Crippen LogP contribution in [0.5, 0.6) is 5.75 Å². The predicted octanol–water partition coefficient (Wildman–Crippen LogP) is 1.57. The first-order valence-corrected chi connectivity index (χ1v) is 5.33. The normalized spacial score (nSPS) is 16.8. The second-order valence-corrected chi connectivity index (χ2v) is 3.99. The van der Waals surface area contributed by atoms with Crippen LogP contribution in [0.4, 0.5) is 0 Å². The van der Waals surface area contributed by atoms with Crippen molar-refractivity contribution in [1.82, 2.24) is 5.32 Å². The van der Waals surface area contributed by atoms with Gasteiger partial charge in [0.1, 0.15) is 11.8 Å². The summed E-state index contributed by atoms with van der Waals surface area (Å²) < 4.78 is 5.08. The molecule has 1 unspecified atom stereocenters. The first-order chi connectivity index (χ1) is 7.70. The van der Waals surface area contributed by atoms with Crippen molar-refractivity contribution in [3.05, 3.63) is 29.8 Å². The van der Waals surface area contributed by atoms with Crippen molar-refractivity contribution in [3.63, 3.8) is 0 Å². The SMILES string of the molecule is COc1cccc(C(NC2CC2)C(=O)O)c1. The smallest absolute Gasteiger partial charge is 0.325 e. The van der Waals surface area contributed by atoms with Crippen LogP contribution in [0.15, 0.2) is 24.3 Å². The molecular weight excluding hydrogens is 206 g/mol. The summed E-state index contributed by atoms with van der Waals surface area (Å²) in [6.45, 7) is 0. The average molecular weight is 221 g/mol. The van der Waals surface area contributed by atoms with E-state index < -0.39 is 12.0 Å². The number of carbonyl (C=O) groups is 1. The average Bonchev–Trinajstić information content (AvgIpc) is 3.09. The summed E-state index contributed by atoms with van der Waals surface area (Å²) in [5.74, 6) is -0.165. The van der Waals surface area contributed by atoms with Gasteiger partial charge in [0, 0.05) is 6.04 Å². The minimum absolute atomic E-state index is 0.354. The van der Waals surface area contributed by atoms with Gasteiger partial charge in [0.15, 0.2) is 0 Å². The molecule has 0 radical (unpaired) electrons. The highest BCUT2D eigenvalue weighted by atomic mass is 16.5. The number of ether oxygens (including phenoxy) is 1. The molecule has 1 aliphatic rings. The first kappa shape index (κ1) is 11.0. The van der Waals surface area contributed by atoms with E-state index in [1.165, 1.54) is 0 Å². The summed E-state index contributed by atoms with van der Waals surface area (Å²) in [6, 6.07) is 6.89. The van der Waals surface area contributed by atoms with E-state index in [0.717, 1.165) is 18.4 Å². The summed E-state index contributed by atoms with van der Waals surface area (Å²) in [6.07, 6.45) is 2.13. The number of carboxylic acids is 1. The number of benzene rings is 1. The Morgan fingerprint density at radius 2 is 2.31 bits per heavy atom. The van der Waals surface area contributed by atoms with E-state index >= 15 is 0 Å². The molecule has 86 valence electrons. The van der Waals surface area contributed by atoms with Crippen LogP contribution in [0.2, 0.25) is 0 Å². The summed E-state index contributed by atoms with van der Waals surface area (Å²) in [5, 5.41) is 12.3. The van der Waals surface area contributed by atoms with Crippen LogP contribution in [0, 0.1) is 0 Å². The second-order valence-electron chi connectivity index (χ2n) is 3.99. The lowest BCUT2D eigenvalue weighted by atomic mass is 10.1. The van der Waals surface area contributed by atoms with Gasteiger partial charge < -0.3 is 9.84 Å². The third-order valence-electron chi connectivity index (χ3n) is 2.65. The number of hydrogen-bond acceptors (Lipinski definition) is 3. The fourth-order valence-corrected chi connectivity index (χ4v) is 1.62. The standard InChI is InChI=1S/C12H15NO3/c1-16-10-4-2-3-8(7-10)11(12(14)15)13-9-5-6-9/h2-4,7,9,11,13H,5-6H2,1H3,(H,14,15). The molecule has 16 heavy (non-hydrogen) atoms. The van der Waals surface area contributed by atoms with Crippen LogP contribution >= 0.6 is 0 Å². The molecule has 1 fully saturated rings.